The molecule has 0 bridgehead atoms. The van der Waals surface area contributed by atoms with Crippen molar-refractivity contribution in [3.05, 3.63) is 46.9 Å². The molecular weight excluding hydrogens is 358 g/mol. The Bertz CT molecular complexity index is 886. The van der Waals surface area contributed by atoms with Crippen molar-refractivity contribution in [1.29, 1.82) is 0 Å². The first kappa shape index (κ1) is 18.6. The molecule has 0 aromatic carbocycles. The summed E-state index contributed by atoms with van der Waals surface area (Å²) in [7, 11) is 0. The first-order valence-corrected chi connectivity index (χ1v) is 9.51. The van der Waals surface area contributed by atoms with Crippen LogP contribution in [0.5, 0.6) is 0 Å². The molecule has 2 aliphatic heterocycles. The number of hydrogen-bond donors (Lipinski definition) is 1. The molecule has 1 amide bonds. The molecule has 28 heavy (non-hydrogen) atoms. The standard InChI is InChI=1S/C20H25N5O3/c1-13-6-17(27-15(13)3)11-25-5-4-20(12-25)7-18(24-28-20)19(26)23-10-16-9-21-14(2)8-22-16/h6,8-9H,4-5,7,10-12H2,1-3H3,(H,23,26)/t20-/m0/s1. The number of rotatable bonds is 5. The van der Waals surface area contributed by atoms with Gasteiger partial charge >= 0.3 is 0 Å². The zero-order valence-corrected chi connectivity index (χ0v) is 16.5. The molecule has 8 nitrogen and oxygen atoms in total. The van der Waals surface area contributed by atoms with E-state index < -0.39 is 5.60 Å². The van der Waals surface area contributed by atoms with Crippen molar-refractivity contribution in [3.8, 4) is 0 Å². The molecule has 0 unspecified atom stereocenters. The van der Waals surface area contributed by atoms with Gasteiger partial charge in [0.1, 0.15) is 17.2 Å². The van der Waals surface area contributed by atoms with E-state index in [1.54, 1.807) is 12.4 Å². The van der Waals surface area contributed by atoms with Gasteiger partial charge in [0, 0.05) is 32.1 Å². The summed E-state index contributed by atoms with van der Waals surface area (Å²) < 4.78 is 5.78. The Labute approximate surface area is 164 Å². The molecule has 1 N–H and O–H groups in total. The summed E-state index contributed by atoms with van der Waals surface area (Å²) in [6.45, 7) is 8.59. The van der Waals surface area contributed by atoms with Crippen LogP contribution in [-0.4, -0.2) is 45.2 Å². The highest BCUT2D eigenvalue weighted by Crippen LogP contribution is 2.34. The summed E-state index contributed by atoms with van der Waals surface area (Å²) in [6, 6.07) is 2.08. The maximum Gasteiger partial charge on any atom is 0.269 e. The van der Waals surface area contributed by atoms with E-state index in [1.807, 2.05) is 13.8 Å². The molecule has 0 saturated carbocycles. The van der Waals surface area contributed by atoms with Crippen molar-refractivity contribution < 1.29 is 14.0 Å². The van der Waals surface area contributed by atoms with Gasteiger partial charge in [-0.25, -0.2) is 0 Å². The van der Waals surface area contributed by atoms with Gasteiger partial charge in [0.2, 0.25) is 0 Å². The molecule has 148 valence electrons. The van der Waals surface area contributed by atoms with Gasteiger partial charge in [-0.3, -0.25) is 19.7 Å². The molecule has 1 atom stereocenters. The SMILES string of the molecule is Cc1cnc(CNC(=O)C2=NO[C@@]3(CCN(Cc4cc(C)c(C)o4)C3)C2)cn1. The Morgan fingerprint density at radius 2 is 2.14 bits per heavy atom. The normalized spacial score (nSPS) is 21.8. The molecule has 4 rings (SSSR count). The molecular formula is C20H25N5O3. The molecule has 2 aliphatic rings. The number of nitrogens with one attached hydrogen (secondary N) is 1. The van der Waals surface area contributed by atoms with Crippen molar-refractivity contribution in [2.45, 2.75) is 52.3 Å². The third-order valence-electron chi connectivity index (χ3n) is 5.36. The summed E-state index contributed by atoms with van der Waals surface area (Å²) in [5.74, 6) is 1.71. The number of amides is 1. The minimum atomic E-state index is -0.410. The monoisotopic (exact) mass is 383 g/mol. The van der Waals surface area contributed by atoms with Crippen LogP contribution >= 0.6 is 0 Å². The van der Waals surface area contributed by atoms with Crippen LogP contribution in [0.1, 0.15) is 41.3 Å². The summed E-state index contributed by atoms with van der Waals surface area (Å²) in [4.78, 5) is 28.9. The summed E-state index contributed by atoms with van der Waals surface area (Å²) in [5, 5.41) is 6.92. The average molecular weight is 383 g/mol. The highest BCUT2D eigenvalue weighted by Gasteiger charge is 2.46. The lowest BCUT2D eigenvalue weighted by molar-refractivity contribution is -0.115. The second kappa shape index (κ2) is 7.35. The highest BCUT2D eigenvalue weighted by atomic mass is 16.7. The van der Waals surface area contributed by atoms with Gasteiger partial charge in [0.15, 0.2) is 5.60 Å². The fourth-order valence-corrected chi connectivity index (χ4v) is 3.66. The van der Waals surface area contributed by atoms with Crippen molar-refractivity contribution in [2.75, 3.05) is 13.1 Å². The number of carbonyl (C=O) groups excluding carboxylic acids is 1. The molecule has 4 heterocycles. The predicted octanol–water partition coefficient (Wildman–Crippen LogP) is 2.03. The third-order valence-corrected chi connectivity index (χ3v) is 5.36. The maximum absolute atomic E-state index is 12.4. The van der Waals surface area contributed by atoms with Crippen LogP contribution in [0.25, 0.3) is 0 Å². The van der Waals surface area contributed by atoms with Crippen molar-refractivity contribution in [1.82, 2.24) is 20.2 Å². The number of aromatic nitrogens is 2. The predicted molar refractivity (Wildman–Crippen MR) is 103 cm³/mol. The van der Waals surface area contributed by atoms with E-state index in [2.05, 4.69) is 38.3 Å². The maximum atomic E-state index is 12.4. The Morgan fingerprint density at radius 1 is 1.29 bits per heavy atom. The van der Waals surface area contributed by atoms with Crippen LogP contribution in [0.4, 0.5) is 0 Å². The molecule has 8 heteroatoms. The molecule has 1 saturated heterocycles. The van der Waals surface area contributed by atoms with E-state index >= 15 is 0 Å². The fourth-order valence-electron chi connectivity index (χ4n) is 3.66. The number of oxime groups is 1. The zero-order chi connectivity index (χ0) is 19.7. The van der Waals surface area contributed by atoms with Crippen molar-refractivity contribution in [3.63, 3.8) is 0 Å². The van der Waals surface area contributed by atoms with Gasteiger partial charge in [-0.05, 0) is 32.4 Å². The number of furan rings is 1. The van der Waals surface area contributed by atoms with Gasteiger partial charge in [-0.15, -0.1) is 0 Å². The van der Waals surface area contributed by atoms with Crippen LogP contribution in [0, 0.1) is 20.8 Å². The van der Waals surface area contributed by atoms with Crippen LogP contribution < -0.4 is 5.32 Å². The third kappa shape index (κ3) is 3.91. The van der Waals surface area contributed by atoms with E-state index in [-0.39, 0.29) is 5.91 Å². The molecule has 2 aromatic rings. The van der Waals surface area contributed by atoms with Gasteiger partial charge in [0.25, 0.3) is 5.91 Å². The Balaban J connectivity index is 1.29. The Kier molecular flexibility index (Phi) is 4.89. The van der Waals surface area contributed by atoms with Crippen LogP contribution in [0.3, 0.4) is 0 Å². The van der Waals surface area contributed by atoms with Crippen molar-refractivity contribution >= 4 is 11.6 Å². The lowest BCUT2D eigenvalue weighted by Gasteiger charge is -2.21. The lowest BCUT2D eigenvalue weighted by Crippen LogP contribution is -2.36. The second-order valence-corrected chi connectivity index (χ2v) is 7.73. The number of aryl methyl sites for hydroxylation is 3. The second-order valence-electron chi connectivity index (χ2n) is 7.73. The van der Waals surface area contributed by atoms with Gasteiger partial charge < -0.3 is 14.6 Å². The number of likely N-dealkylation sites (tertiary alicyclic amines) is 1. The van der Waals surface area contributed by atoms with Gasteiger partial charge in [-0.2, -0.15) is 0 Å². The van der Waals surface area contributed by atoms with Gasteiger partial charge in [0.05, 0.1) is 30.7 Å². The zero-order valence-electron chi connectivity index (χ0n) is 16.5. The van der Waals surface area contributed by atoms with Gasteiger partial charge in [-0.1, -0.05) is 5.16 Å². The number of carbonyl (C=O) groups is 1. The van der Waals surface area contributed by atoms with E-state index in [0.717, 1.165) is 43.3 Å². The summed E-state index contributed by atoms with van der Waals surface area (Å²) in [5.41, 5.74) is 2.75. The Morgan fingerprint density at radius 3 is 2.86 bits per heavy atom. The quantitative estimate of drug-likeness (QED) is 0.849. The minimum absolute atomic E-state index is 0.213. The summed E-state index contributed by atoms with van der Waals surface area (Å²) >= 11 is 0. The molecule has 2 aromatic heterocycles. The van der Waals surface area contributed by atoms with Crippen LogP contribution in [0.2, 0.25) is 0 Å². The first-order chi connectivity index (χ1) is 13.4. The lowest BCUT2D eigenvalue weighted by atomic mass is 9.96. The number of hydrogen-bond acceptors (Lipinski definition) is 7. The van der Waals surface area contributed by atoms with E-state index in [1.165, 1.54) is 5.56 Å². The topological polar surface area (TPSA) is 92.8 Å². The average Bonchev–Trinajstić information content (AvgIpc) is 3.35. The van der Waals surface area contributed by atoms with Crippen molar-refractivity contribution in [2.24, 2.45) is 5.16 Å². The van der Waals surface area contributed by atoms with Crippen LogP contribution in [-0.2, 0) is 22.7 Å². The molecule has 1 spiro atoms. The summed E-state index contributed by atoms with van der Waals surface area (Å²) in [6.07, 6.45) is 4.71. The van der Waals surface area contributed by atoms with E-state index in [9.17, 15) is 4.79 Å². The first-order valence-electron chi connectivity index (χ1n) is 9.51. The Hall–Kier alpha value is -2.74. The highest BCUT2D eigenvalue weighted by molar-refractivity contribution is 6.39. The fraction of sp³-hybridized carbons (Fsp3) is 0.500. The molecule has 0 aliphatic carbocycles. The van der Waals surface area contributed by atoms with E-state index in [0.29, 0.717) is 24.4 Å². The number of nitrogens with zero attached hydrogens (tertiary/aromatic N) is 4. The molecule has 1 fully saturated rings. The van der Waals surface area contributed by atoms with E-state index in [4.69, 9.17) is 9.25 Å². The van der Waals surface area contributed by atoms with Crippen LogP contribution in [0.15, 0.2) is 28.0 Å². The largest absolute Gasteiger partial charge is 0.465 e. The minimum Gasteiger partial charge on any atom is -0.465 e. The smallest absolute Gasteiger partial charge is 0.269 e. The molecule has 0 radical (unpaired) electrons.